The van der Waals surface area contributed by atoms with E-state index in [1.54, 1.807) is 0 Å². The summed E-state index contributed by atoms with van der Waals surface area (Å²) in [5.74, 6) is 0.507. The van der Waals surface area contributed by atoms with Gasteiger partial charge in [-0.05, 0) is 53.4 Å². The largest absolute Gasteiger partial charge is 0.444 e. The SMILES string of the molecule is CC(C)=CCNC1CCCC1CNC(=O)OC(C)(C)C. The highest BCUT2D eigenvalue weighted by Crippen LogP contribution is 2.25. The lowest BCUT2D eigenvalue weighted by atomic mass is 10.0. The summed E-state index contributed by atoms with van der Waals surface area (Å²) in [6.45, 7) is 11.5. The molecule has 0 aromatic heterocycles. The van der Waals surface area contributed by atoms with Crippen LogP contribution in [0.4, 0.5) is 4.79 Å². The summed E-state index contributed by atoms with van der Waals surface area (Å²) in [6, 6.07) is 0.500. The molecule has 1 fully saturated rings. The van der Waals surface area contributed by atoms with E-state index in [1.807, 2.05) is 20.8 Å². The number of alkyl carbamates (subject to hydrolysis) is 1. The van der Waals surface area contributed by atoms with Crippen LogP contribution in [0.25, 0.3) is 0 Å². The van der Waals surface area contributed by atoms with E-state index in [2.05, 4.69) is 30.6 Å². The van der Waals surface area contributed by atoms with Gasteiger partial charge in [-0.3, -0.25) is 0 Å². The summed E-state index contributed by atoms with van der Waals surface area (Å²) in [5.41, 5.74) is 0.903. The first-order valence-electron chi connectivity index (χ1n) is 7.61. The van der Waals surface area contributed by atoms with Crippen LogP contribution >= 0.6 is 0 Å². The van der Waals surface area contributed by atoms with Gasteiger partial charge in [-0.2, -0.15) is 0 Å². The highest BCUT2D eigenvalue weighted by atomic mass is 16.6. The van der Waals surface area contributed by atoms with E-state index in [0.29, 0.717) is 18.5 Å². The minimum absolute atomic E-state index is 0.313. The molecule has 2 atom stereocenters. The molecule has 0 heterocycles. The Hall–Kier alpha value is -1.03. The topological polar surface area (TPSA) is 50.4 Å². The van der Waals surface area contributed by atoms with Gasteiger partial charge in [0.2, 0.25) is 0 Å². The molecule has 0 saturated heterocycles. The Labute approximate surface area is 123 Å². The Morgan fingerprint density at radius 3 is 2.60 bits per heavy atom. The summed E-state index contributed by atoms with van der Waals surface area (Å²) in [6.07, 6.45) is 5.48. The van der Waals surface area contributed by atoms with Gasteiger partial charge in [-0.25, -0.2) is 4.79 Å². The quantitative estimate of drug-likeness (QED) is 0.761. The van der Waals surface area contributed by atoms with Crippen LogP contribution in [0.2, 0.25) is 0 Å². The van der Waals surface area contributed by atoms with E-state index in [4.69, 9.17) is 4.74 Å². The highest BCUT2D eigenvalue weighted by molar-refractivity contribution is 5.67. The molecule has 1 rings (SSSR count). The fourth-order valence-corrected chi connectivity index (χ4v) is 2.49. The van der Waals surface area contributed by atoms with Crippen LogP contribution in [0.15, 0.2) is 11.6 Å². The lowest BCUT2D eigenvalue weighted by Crippen LogP contribution is -2.41. The van der Waals surface area contributed by atoms with Crippen molar-refractivity contribution in [3.05, 3.63) is 11.6 Å². The second-order valence-corrected chi connectivity index (χ2v) is 6.87. The Bertz CT molecular complexity index is 341. The maximum absolute atomic E-state index is 11.7. The fourth-order valence-electron chi connectivity index (χ4n) is 2.49. The summed E-state index contributed by atoms with van der Waals surface area (Å²) < 4.78 is 5.27. The average molecular weight is 282 g/mol. The highest BCUT2D eigenvalue weighted by Gasteiger charge is 2.27. The lowest BCUT2D eigenvalue weighted by Gasteiger charge is -2.23. The van der Waals surface area contributed by atoms with E-state index in [-0.39, 0.29) is 6.09 Å². The van der Waals surface area contributed by atoms with E-state index in [9.17, 15) is 4.79 Å². The van der Waals surface area contributed by atoms with Crippen molar-refractivity contribution in [2.24, 2.45) is 5.92 Å². The van der Waals surface area contributed by atoms with Crippen molar-refractivity contribution >= 4 is 6.09 Å². The van der Waals surface area contributed by atoms with Gasteiger partial charge < -0.3 is 15.4 Å². The standard InChI is InChI=1S/C16H30N2O2/c1-12(2)9-10-17-14-8-6-7-13(14)11-18-15(19)20-16(3,4)5/h9,13-14,17H,6-8,10-11H2,1-5H3,(H,18,19). The van der Waals surface area contributed by atoms with Gasteiger partial charge in [0.05, 0.1) is 0 Å². The van der Waals surface area contributed by atoms with Gasteiger partial charge in [0.15, 0.2) is 0 Å². The first-order chi connectivity index (χ1) is 9.28. The first kappa shape index (κ1) is 17.0. The molecule has 2 N–H and O–H groups in total. The monoisotopic (exact) mass is 282 g/mol. The maximum atomic E-state index is 11.7. The van der Waals surface area contributed by atoms with Gasteiger partial charge in [0, 0.05) is 19.1 Å². The minimum atomic E-state index is -0.430. The molecule has 1 amide bonds. The number of carbonyl (C=O) groups is 1. The van der Waals surface area contributed by atoms with E-state index >= 15 is 0 Å². The predicted molar refractivity (Wildman–Crippen MR) is 82.8 cm³/mol. The van der Waals surface area contributed by atoms with Crippen molar-refractivity contribution in [2.75, 3.05) is 13.1 Å². The molecule has 1 aliphatic carbocycles. The van der Waals surface area contributed by atoms with Gasteiger partial charge in [-0.15, -0.1) is 0 Å². The number of carbonyl (C=O) groups excluding carboxylic acids is 1. The van der Waals surface area contributed by atoms with Crippen LogP contribution in [-0.2, 0) is 4.74 Å². The van der Waals surface area contributed by atoms with Crippen LogP contribution < -0.4 is 10.6 Å². The summed E-state index contributed by atoms with van der Waals surface area (Å²) in [7, 11) is 0. The molecular weight excluding hydrogens is 252 g/mol. The van der Waals surface area contributed by atoms with Crippen LogP contribution in [0.1, 0.15) is 53.9 Å². The molecule has 1 aliphatic rings. The third-order valence-corrected chi connectivity index (χ3v) is 3.46. The van der Waals surface area contributed by atoms with Crippen LogP contribution in [-0.4, -0.2) is 30.8 Å². The van der Waals surface area contributed by atoms with Gasteiger partial charge in [0.1, 0.15) is 5.60 Å². The molecule has 0 bridgehead atoms. The number of rotatable bonds is 5. The Balaban J connectivity index is 2.31. The number of allylic oxidation sites excluding steroid dienone is 1. The van der Waals surface area contributed by atoms with Crippen molar-refractivity contribution in [1.29, 1.82) is 0 Å². The van der Waals surface area contributed by atoms with Crippen molar-refractivity contribution in [2.45, 2.75) is 65.5 Å². The first-order valence-corrected chi connectivity index (χ1v) is 7.61. The summed E-state index contributed by atoms with van der Waals surface area (Å²) in [4.78, 5) is 11.7. The Morgan fingerprint density at radius 2 is 2.00 bits per heavy atom. The van der Waals surface area contributed by atoms with Crippen molar-refractivity contribution in [3.8, 4) is 0 Å². The molecule has 0 aromatic carbocycles. The molecule has 0 aromatic rings. The minimum Gasteiger partial charge on any atom is -0.444 e. The Kier molecular flexibility index (Phi) is 6.53. The number of ether oxygens (including phenoxy) is 1. The summed E-state index contributed by atoms with van der Waals surface area (Å²) in [5, 5.41) is 6.46. The number of hydrogen-bond acceptors (Lipinski definition) is 3. The molecule has 0 aliphatic heterocycles. The maximum Gasteiger partial charge on any atom is 0.407 e. The lowest BCUT2D eigenvalue weighted by molar-refractivity contribution is 0.0517. The molecule has 0 spiro atoms. The zero-order valence-corrected chi connectivity index (χ0v) is 13.6. The molecule has 4 heteroatoms. The van der Waals surface area contributed by atoms with E-state index in [0.717, 1.165) is 6.54 Å². The zero-order chi connectivity index (χ0) is 15.2. The van der Waals surface area contributed by atoms with Crippen molar-refractivity contribution < 1.29 is 9.53 Å². The fraction of sp³-hybridized carbons (Fsp3) is 0.812. The molecule has 20 heavy (non-hydrogen) atoms. The summed E-state index contributed by atoms with van der Waals surface area (Å²) >= 11 is 0. The van der Waals surface area contributed by atoms with E-state index in [1.165, 1.54) is 24.8 Å². The number of amides is 1. The van der Waals surface area contributed by atoms with Crippen molar-refractivity contribution in [3.63, 3.8) is 0 Å². The molecule has 4 nitrogen and oxygen atoms in total. The third kappa shape index (κ3) is 6.94. The van der Waals surface area contributed by atoms with Gasteiger partial charge >= 0.3 is 6.09 Å². The van der Waals surface area contributed by atoms with Gasteiger partial charge in [0.25, 0.3) is 0 Å². The number of nitrogens with one attached hydrogen (secondary N) is 2. The Morgan fingerprint density at radius 1 is 1.30 bits per heavy atom. The smallest absolute Gasteiger partial charge is 0.407 e. The average Bonchev–Trinajstić information content (AvgIpc) is 2.71. The number of hydrogen-bond donors (Lipinski definition) is 2. The molecule has 2 unspecified atom stereocenters. The molecule has 0 radical (unpaired) electrons. The zero-order valence-electron chi connectivity index (χ0n) is 13.6. The second-order valence-electron chi connectivity index (χ2n) is 6.87. The van der Waals surface area contributed by atoms with Crippen LogP contribution in [0, 0.1) is 5.92 Å². The third-order valence-electron chi connectivity index (χ3n) is 3.46. The van der Waals surface area contributed by atoms with Gasteiger partial charge in [-0.1, -0.05) is 18.1 Å². The normalized spacial score (nSPS) is 22.4. The van der Waals surface area contributed by atoms with Crippen molar-refractivity contribution in [1.82, 2.24) is 10.6 Å². The van der Waals surface area contributed by atoms with Crippen LogP contribution in [0.5, 0.6) is 0 Å². The molecular formula is C16H30N2O2. The van der Waals surface area contributed by atoms with Crippen LogP contribution in [0.3, 0.4) is 0 Å². The second kappa shape index (κ2) is 7.67. The molecule has 1 saturated carbocycles. The molecule has 116 valence electrons. The predicted octanol–water partition coefficient (Wildman–Crippen LogP) is 3.24. The van der Waals surface area contributed by atoms with E-state index < -0.39 is 5.60 Å².